The highest BCUT2D eigenvalue weighted by Gasteiger charge is 2.21. The van der Waals surface area contributed by atoms with Crippen molar-refractivity contribution < 1.29 is 9.18 Å². The third kappa shape index (κ3) is 3.75. The number of rotatable bonds is 6. The van der Waals surface area contributed by atoms with Crippen LogP contribution in [-0.4, -0.2) is 36.4 Å². The number of carbonyl (C=O) groups excluding carboxylic acids is 1. The molecule has 2 heterocycles. The van der Waals surface area contributed by atoms with Crippen molar-refractivity contribution in [3.63, 3.8) is 0 Å². The van der Waals surface area contributed by atoms with E-state index in [4.69, 9.17) is 0 Å². The molecule has 1 amide bonds. The molecule has 1 N–H and O–H groups in total. The van der Waals surface area contributed by atoms with E-state index in [0.29, 0.717) is 28.8 Å². The van der Waals surface area contributed by atoms with E-state index in [1.165, 1.54) is 23.9 Å². The molecule has 0 aliphatic rings. The summed E-state index contributed by atoms with van der Waals surface area (Å²) in [6.45, 7) is 6.11. The van der Waals surface area contributed by atoms with Gasteiger partial charge in [0.1, 0.15) is 17.7 Å². The van der Waals surface area contributed by atoms with Gasteiger partial charge in [0.25, 0.3) is 0 Å². The normalized spacial score (nSPS) is 10.7. The van der Waals surface area contributed by atoms with E-state index in [1.807, 2.05) is 13.8 Å². The number of hydrogen-bond donors (Lipinski definition) is 1. The first-order valence-electron chi connectivity index (χ1n) is 8.53. The monoisotopic (exact) mass is 399 g/mol. The van der Waals surface area contributed by atoms with Gasteiger partial charge in [0.05, 0.1) is 17.0 Å². The molecule has 0 spiro atoms. The van der Waals surface area contributed by atoms with E-state index in [9.17, 15) is 14.4 Å². The summed E-state index contributed by atoms with van der Waals surface area (Å²) in [7, 11) is 0. The van der Waals surface area contributed by atoms with Crippen LogP contribution < -0.4 is 5.32 Å². The zero-order valence-corrected chi connectivity index (χ0v) is 16.4. The van der Waals surface area contributed by atoms with Gasteiger partial charge < -0.3 is 5.32 Å². The van der Waals surface area contributed by atoms with Crippen molar-refractivity contribution in [3.8, 4) is 11.8 Å². The van der Waals surface area contributed by atoms with Crippen LogP contribution in [0.4, 0.5) is 10.2 Å². The lowest BCUT2D eigenvalue weighted by atomic mass is 10.2. The number of halogens is 1. The van der Waals surface area contributed by atoms with Crippen LogP contribution in [0.15, 0.2) is 29.4 Å². The quantitative estimate of drug-likeness (QED) is 0.640. The number of anilines is 1. The van der Waals surface area contributed by atoms with E-state index in [1.54, 1.807) is 28.3 Å². The SMILES string of the molecule is CCn1nnnc1SCC(=O)Nc1c(C#N)c(C)c(C)n1-c1cccc(F)c1. The van der Waals surface area contributed by atoms with Crippen molar-refractivity contribution in [2.45, 2.75) is 32.5 Å². The van der Waals surface area contributed by atoms with Crippen LogP contribution in [0, 0.1) is 31.0 Å². The predicted molar refractivity (Wildman–Crippen MR) is 103 cm³/mol. The molecule has 0 unspecified atom stereocenters. The average Bonchev–Trinajstić information content (AvgIpc) is 3.22. The molecule has 10 heteroatoms. The average molecular weight is 399 g/mol. The maximum Gasteiger partial charge on any atom is 0.236 e. The summed E-state index contributed by atoms with van der Waals surface area (Å²) in [6.07, 6.45) is 0. The Hall–Kier alpha value is -3.19. The van der Waals surface area contributed by atoms with Gasteiger partial charge in [0, 0.05) is 12.2 Å². The molecule has 3 rings (SSSR count). The van der Waals surface area contributed by atoms with E-state index in [0.717, 1.165) is 11.3 Å². The van der Waals surface area contributed by atoms with Crippen molar-refractivity contribution in [3.05, 3.63) is 46.9 Å². The molecule has 0 saturated carbocycles. The number of nitrogens with one attached hydrogen (secondary N) is 1. The van der Waals surface area contributed by atoms with Gasteiger partial charge in [-0.1, -0.05) is 17.8 Å². The zero-order valence-electron chi connectivity index (χ0n) is 15.6. The summed E-state index contributed by atoms with van der Waals surface area (Å²) in [4.78, 5) is 12.5. The Kier molecular flexibility index (Phi) is 5.75. The molecule has 0 atom stereocenters. The third-order valence-electron chi connectivity index (χ3n) is 4.28. The van der Waals surface area contributed by atoms with Crippen molar-refractivity contribution in [2.75, 3.05) is 11.1 Å². The highest BCUT2D eigenvalue weighted by molar-refractivity contribution is 7.99. The largest absolute Gasteiger partial charge is 0.310 e. The highest BCUT2D eigenvalue weighted by Crippen LogP contribution is 2.30. The Morgan fingerprint density at radius 3 is 2.86 bits per heavy atom. The molecule has 28 heavy (non-hydrogen) atoms. The van der Waals surface area contributed by atoms with Crippen LogP contribution >= 0.6 is 11.8 Å². The van der Waals surface area contributed by atoms with Crippen LogP contribution in [0.25, 0.3) is 5.69 Å². The molecule has 1 aromatic carbocycles. The molecule has 144 valence electrons. The summed E-state index contributed by atoms with van der Waals surface area (Å²) in [5, 5.41) is 24.2. The summed E-state index contributed by atoms with van der Waals surface area (Å²) in [5.74, 6) is -0.329. The second-order valence-electron chi connectivity index (χ2n) is 5.98. The van der Waals surface area contributed by atoms with Crippen molar-refractivity contribution in [1.29, 1.82) is 5.26 Å². The Balaban J connectivity index is 1.89. The summed E-state index contributed by atoms with van der Waals surface area (Å²) >= 11 is 1.20. The number of tetrazole rings is 1. The van der Waals surface area contributed by atoms with E-state index in [2.05, 4.69) is 26.9 Å². The van der Waals surface area contributed by atoms with E-state index in [-0.39, 0.29) is 11.7 Å². The van der Waals surface area contributed by atoms with Gasteiger partial charge in [-0.3, -0.25) is 9.36 Å². The lowest BCUT2D eigenvalue weighted by molar-refractivity contribution is -0.113. The number of nitriles is 1. The van der Waals surface area contributed by atoms with Gasteiger partial charge in [-0.25, -0.2) is 9.07 Å². The van der Waals surface area contributed by atoms with Crippen LogP contribution in [0.5, 0.6) is 0 Å². The van der Waals surface area contributed by atoms with E-state index < -0.39 is 5.82 Å². The Morgan fingerprint density at radius 1 is 1.39 bits per heavy atom. The maximum atomic E-state index is 13.7. The first kappa shape index (κ1) is 19.6. The smallest absolute Gasteiger partial charge is 0.236 e. The second kappa shape index (κ2) is 8.22. The Morgan fingerprint density at radius 2 is 2.18 bits per heavy atom. The molecule has 0 saturated heterocycles. The molecule has 8 nitrogen and oxygen atoms in total. The standard InChI is InChI=1S/C18H18FN7OS/c1-4-25-18(22-23-24-25)28-10-16(27)21-17-15(9-20)11(2)12(3)26(17)14-7-5-6-13(19)8-14/h5-8H,4,10H2,1-3H3,(H,21,27). The predicted octanol–water partition coefficient (Wildman–Crippen LogP) is 2.84. The van der Waals surface area contributed by atoms with E-state index >= 15 is 0 Å². The topological polar surface area (TPSA) is 101 Å². The number of hydrogen-bond acceptors (Lipinski definition) is 6. The fourth-order valence-corrected chi connectivity index (χ4v) is 3.54. The van der Waals surface area contributed by atoms with Crippen molar-refractivity contribution in [1.82, 2.24) is 24.8 Å². The molecule has 0 radical (unpaired) electrons. The first-order valence-corrected chi connectivity index (χ1v) is 9.51. The number of aryl methyl sites for hydroxylation is 1. The van der Waals surface area contributed by atoms with Crippen LogP contribution in [0.3, 0.4) is 0 Å². The molecule has 2 aromatic heterocycles. The Bertz CT molecular complexity index is 1070. The summed E-state index contributed by atoms with van der Waals surface area (Å²) in [6, 6.07) is 8.12. The van der Waals surface area contributed by atoms with Gasteiger partial charge in [0.2, 0.25) is 11.1 Å². The fourth-order valence-electron chi connectivity index (χ4n) is 2.80. The highest BCUT2D eigenvalue weighted by atomic mass is 32.2. The minimum absolute atomic E-state index is 0.0671. The molecular weight excluding hydrogens is 381 g/mol. The van der Waals surface area contributed by atoms with Gasteiger partial charge in [-0.05, 0) is 55.0 Å². The van der Waals surface area contributed by atoms with Crippen LogP contribution in [-0.2, 0) is 11.3 Å². The number of aromatic nitrogens is 5. The number of nitrogens with zero attached hydrogens (tertiary/aromatic N) is 6. The number of thioether (sulfide) groups is 1. The van der Waals surface area contributed by atoms with Crippen LogP contribution in [0.2, 0.25) is 0 Å². The zero-order chi connectivity index (χ0) is 20.3. The van der Waals surface area contributed by atoms with Gasteiger partial charge in [-0.15, -0.1) is 5.10 Å². The van der Waals surface area contributed by atoms with Gasteiger partial charge in [-0.2, -0.15) is 5.26 Å². The minimum Gasteiger partial charge on any atom is -0.310 e. The number of amides is 1. The third-order valence-corrected chi connectivity index (χ3v) is 5.24. The second-order valence-corrected chi connectivity index (χ2v) is 6.92. The molecule has 3 aromatic rings. The maximum absolute atomic E-state index is 13.7. The molecule has 0 aliphatic heterocycles. The Labute approximate surface area is 165 Å². The van der Waals surface area contributed by atoms with Crippen molar-refractivity contribution in [2.24, 2.45) is 0 Å². The van der Waals surface area contributed by atoms with Crippen LogP contribution in [0.1, 0.15) is 23.7 Å². The van der Waals surface area contributed by atoms with Gasteiger partial charge in [0.15, 0.2) is 0 Å². The molecule has 0 fully saturated rings. The number of carbonyl (C=O) groups is 1. The lowest BCUT2D eigenvalue weighted by Gasteiger charge is -2.13. The number of benzene rings is 1. The fraction of sp³-hybridized carbons (Fsp3) is 0.278. The molecule has 0 bridgehead atoms. The first-order chi connectivity index (χ1) is 13.5. The summed E-state index contributed by atoms with van der Waals surface area (Å²) < 4.78 is 17.0. The summed E-state index contributed by atoms with van der Waals surface area (Å²) in [5.41, 5.74) is 2.35. The van der Waals surface area contributed by atoms with Gasteiger partial charge >= 0.3 is 0 Å². The van der Waals surface area contributed by atoms with Crippen molar-refractivity contribution >= 4 is 23.5 Å². The molecular formula is C18H18FN7OS. The lowest BCUT2D eigenvalue weighted by Crippen LogP contribution is -2.18. The minimum atomic E-state index is -0.402. The molecule has 0 aliphatic carbocycles.